The van der Waals surface area contributed by atoms with Crippen LogP contribution in [-0.2, 0) is 7.05 Å². The van der Waals surface area contributed by atoms with E-state index in [1.807, 2.05) is 67.2 Å². The Bertz CT molecular complexity index is 817. The van der Waals surface area contributed by atoms with Gasteiger partial charge in [0.05, 0.1) is 0 Å². The Balaban J connectivity index is 2.21. The first-order valence-electron chi connectivity index (χ1n) is 6.43. The molecular weight excluding hydrogens is 270 g/mol. The lowest BCUT2D eigenvalue weighted by Crippen LogP contribution is -2.02. The standard InChI is InChI=1S/C17H14ClNO/c1-11-5-3-4-6-13(11)17(20)15-10-19(2)16-9-12(18)7-8-14(15)16/h3-10H,1-2H3. The number of aryl methyl sites for hydroxylation is 2. The van der Waals surface area contributed by atoms with Gasteiger partial charge in [0.15, 0.2) is 5.78 Å². The smallest absolute Gasteiger partial charge is 0.195 e. The van der Waals surface area contributed by atoms with E-state index >= 15 is 0 Å². The molecule has 1 aromatic heterocycles. The van der Waals surface area contributed by atoms with Crippen molar-refractivity contribution in [1.29, 1.82) is 0 Å². The zero-order chi connectivity index (χ0) is 14.3. The molecular formula is C17H14ClNO. The topological polar surface area (TPSA) is 22.0 Å². The Kier molecular flexibility index (Phi) is 3.11. The third-order valence-corrected chi connectivity index (χ3v) is 3.82. The molecule has 100 valence electrons. The van der Waals surface area contributed by atoms with Crippen LogP contribution in [0.5, 0.6) is 0 Å². The molecule has 0 fully saturated rings. The third-order valence-electron chi connectivity index (χ3n) is 3.59. The average Bonchev–Trinajstić information content (AvgIpc) is 2.76. The summed E-state index contributed by atoms with van der Waals surface area (Å²) in [5.41, 5.74) is 3.42. The van der Waals surface area contributed by atoms with Crippen molar-refractivity contribution in [3.8, 4) is 0 Å². The maximum Gasteiger partial charge on any atom is 0.195 e. The number of benzene rings is 2. The molecule has 0 atom stereocenters. The van der Waals surface area contributed by atoms with Crippen LogP contribution in [0.25, 0.3) is 10.9 Å². The summed E-state index contributed by atoms with van der Waals surface area (Å²) in [5, 5.41) is 1.61. The second-order valence-corrected chi connectivity index (χ2v) is 5.40. The molecule has 0 saturated heterocycles. The summed E-state index contributed by atoms with van der Waals surface area (Å²) in [4.78, 5) is 12.7. The summed E-state index contributed by atoms with van der Waals surface area (Å²) in [5.74, 6) is 0.0519. The fourth-order valence-electron chi connectivity index (χ4n) is 2.51. The largest absolute Gasteiger partial charge is 0.350 e. The minimum absolute atomic E-state index is 0.0519. The van der Waals surface area contributed by atoms with Gasteiger partial charge >= 0.3 is 0 Å². The zero-order valence-electron chi connectivity index (χ0n) is 11.4. The highest BCUT2D eigenvalue weighted by Crippen LogP contribution is 2.26. The molecule has 3 rings (SSSR count). The number of aromatic nitrogens is 1. The Hall–Kier alpha value is -2.06. The molecule has 0 aliphatic rings. The number of hydrogen-bond donors (Lipinski definition) is 0. The molecule has 0 saturated carbocycles. The molecule has 0 aliphatic heterocycles. The predicted octanol–water partition coefficient (Wildman–Crippen LogP) is 4.37. The highest BCUT2D eigenvalue weighted by molar-refractivity contribution is 6.31. The number of rotatable bonds is 2. The predicted molar refractivity (Wildman–Crippen MR) is 82.5 cm³/mol. The monoisotopic (exact) mass is 283 g/mol. The zero-order valence-corrected chi connectivity index (χ0v) is 12.1. The molecule has 2 nitrogen and oxygen atoms in total. The van der Waals surface area contributed by atoms with E-state index in [1.54, 1.807) is 0 Å². The van der Waals surface area contributed by atoms with Crippen molar-refractivity contribution < 1.29 is 4.79 Å². The van der Waals surface area contributed by atoms with Crippen molar-refractivity contribution in [1.82, 2.24) is 4.57 Å². The summed E-state index contributed by atoms with van der Waals surface area (Å²) in [6, 6.07) is 13.3. The summed E-state index contributed by atoms with van der Waals surface area (Å²) < 4.78 is 1.94. The van der Waals surface area contributed by atoms with Gasteiger partial charge in [0.1, 0.15) is 0 Å². The molecule has 0 spiro atoms. The van der Waals surface area contributed by atoms with E-state index in [4.69, 9.17) is 11.6 Å². The summed E-state index contributed by atoms with van der Waals surface area (Å²) in [6.45, 7) is 1.95. The highest BCUT2D eigenvalue weighted by Gasteiger charge is 2.17. The van der Waals surface area contributed by atoms with Gasteiger partial charge in [-0.25, -0.2) is 0 Å². The lowest BCUT2D eigenvalue weighted by atomic mass is 9.99. The Morgan fingerprint density at radius 1 is 1.10 bits per heavy atom. The van der Waals surface area contributed by atoms with Crippen LogP contribution >= 0.6 is 11.6 Å². The van der Waals surface area contributed by atoms with Crippen LogP contribution in [0.2, 0.25) is 5.02 Å². The van der Waals surface area contributed by atoms with Gasteiger partial charge in [0.25, 0.3) is 0 Å². The van der Waals surface area contributed by atoms with Crippen LogP contribution in [0.3, 0.4) is 0 Å². The van der Waals surface area contributed by atoms with Gasteiger partial charge in [0.2, 0.25) is 0 Å². The molecule has 0 radical (unpaired) electrons. The number of nitrogens with zero attached hydrogens (tertiary/aromatic N) is 1. The maximum atomic E-state index is 12.7. The third kappa shape index (κ3) is 2.02. The van der Waals surface area contributed by atoms with Crippen molar-refractivity contribution >= 4 is 28.3 Å². The lowest BCUT2D eigenvalue weighted by Gasteiger charge is -2.03. The first-order valence-corrected chi connectivity index (χ1v) is 6.80. The molecule has 0 bridgehead atoms. The summed E-state index contributed by atoms with van der Waals surface area (Å²) in [6.07, 6.45) is 1.87. The Morgan fingerprint density at radius 3 is 2.60 bits per heavy atom. The van der Waals surface area contributed by atoms with Crippen LogP contribution in [0.4, 0.5) is 0 Å². The maximum absolute atomic E-state index is 12.7. The first-order chi connectivity index (χ1) is 9.58. The molecule has 3 heteroatoms. The molecule has 0 amide bonds. The van der Waals surface area contributed by atoms with E-state index in [-0.39, 0.29) is 5.78 Å². The number of ketones is 1. The molecule has 2 aromatic carbocycles. The van der Waals surface area contributed by atoms with Crippen LogP contribution in [-0.4, -0.2) is 10.4 Å². The molecule has 20 heavy (non-hydrogen) atoms. The van der Waals surface area contributed by atoms with Crippen molar-refractivity contribution in [3.63, 3.8) is 0 Å². The average molecular weight is 284 g/mol. The normalized spacial score (nSPS) is 10.9. The lowest BCUT2D eigenvalue weighted by molar-refractivity contribution is 0.103. The fourth-order valence-corrected chi connectivity index (χ4v) is 2.68. The van der Waals surface area contributed by atoms with Gasteiger partial charge in [0, 0.05) is 40.3 Å². The van der Waals surface area contributed by atoms with Gasteiger partial charge in [-0.2, -0.15) is 0 Å². The van der Waals surface area contributed by atoms with Crippen molar-refractivity contribution in [2.24, 2.45) is 7.05 Å². The molecule has 3 aromatic rings. The van der Waals surface area contributed by atoms with Crippen LogP contribution in [0, 0.1) is 6.92 Å². The number of hydrogen-bond acceptors (Lipinski definition) is 1. The van der Waals surface area contributed by atoms with Crippen LogP contribution in [0.15, 0.2) is 48.7 Å². The second-order valence-electron chi connectivity index (χ2n) is 4.96. The van der Waals surface area contributed by atoms with E-state index in [1.165, 1.54) is 0 Å². The van der Waals surface area contributed by atoms with Crippen molar-refractivity contribution in [2.45, 2.75) is 6.92 Å². The highest BCUT2D eigenvalue weighted by atomic mass is 35.5. The van der Waals surface area contributed by atoms with E-state index in [0.29, 0.717) is 10.6 Å². The summed E-state index contributed by atoms with van der Waals surface area (Å²) >= 11 is 6.02. The number of carbonyl (C=O) groups excluding carboxylic acids is 1. The van der Waals surface area contributed by atoms with Gasteiger partial charge in [-0.05, 0) is 24.6 Å². The van der Waals surface area contributed by atoms with Crippen LogP contribution in [0.1, 0.15) is 21.5 Å². The number of carbonyl (C=O) groups is 1. The quantitative estimate of drug-likeness (QED) is 0.640. The molecule has 0 unspecified atom stereocenters. The van der Waals surface area contributed by atoms with Crippen molar-refractivity contribution in [3.05, 3.63) is 70.4 Å². The summed E-state index contributed by atoms with van der Waals surface area (Å²) in [7, 11) is 1.92. The van der Waals surface area contributed by atoms with E-state index in [0.717, 1.165) is 22.0 Å². The van der Waals surface area contributed by atoms with Gasteiger partial charge < -0.3 is 4.57 Å². The SMILES string of the molecule is Cc1ccccc1C(=O)c1cn(C)c2cc(Cl)ccc12. The van der Waals surface area contributed by atoms with E-state index in [9.17, 15) is 4.79 Å². The second kappa shape index (κ2) is 4.80. The number of halogens is 1. The Labute approximate surface area is 122 Å². The van der Waals surface area contributed by atoms with E-state index in [2.05, 4.69) is 0 Å². The minimum atomic E-state index is 0.0519. The molecule has 0 N–H and O–H groups in total. The minimum Gasteiger partial charge on any atom is -0.350 e. The van der Waals surface area contributed by atoms with E-state index < -0.39 is 0 Å². The first kappa shape index (κ1) is 12.9. The Morgan fingerprint density at radius 2 is 1.85 bits per heavy atom. The molecule has 1 heterocycles. The van der Waals surface area contributed by atoms with Crippen LogP contribution < -0.4 is 0 Å². The fraction of sp³-hybridized carbons (Fsp3) is 0.118. The number of fused-ring (bicyclic) bond motifs is 1. The molecule has 0 aliphatic carbocycles. The van der Waals surface area contributed by atoms with Crippen molar-refractivity contribution in [2.75, 3.05) is 0 Å². The van der Waals surface area contributed by atoms with Gasteiger partial charge in [-0.15, -0.1) is 0 Å². The van der Waals surface area contributed by atoms with Gasteiger partial charge in [-0.3, -0.25) is 4.79 Å². The van der Waals surface area contributed by atoms with Gasteiger partial charge in [-0.1, -0.05) is 41.9 Å².